The third-order valence-corrected chi connectivity index (χ3v) is 5.33. The van der Waals surface area contributed by atoms with Gasteiger partial charge >= 0.3 is 6.61 Å². The quantitative estimate of drug-likeness (QED) is 0.751. The van der Waals surface area contributed by atoms with Crippen molar-refractivity contribution in [2.24, 2.45) is 0 Å². The Morgan fingerprint density at radius 2 is 2.00 bits per heavy atom. The second-order valence-corrected chi connectivity index (χ2v) is 7.10. The van der Waals surface area contributed by atoms with Crippen LogP contribution in [0.5, 0.6) is 5.75 Å². The SMILES string of the molecule is O=C(CC(O)(CF)CF)N1c2nc3ccc(OC(F)F)c(F)c3n2C12CCC2. The fraction of sp³-hybridized carbons (Fsp3) is 0.529. The van der Waals surface area contributed by atoms with Crippen LogP contribution < -0.4 is 9.64 Å². The summed E-state index contributed by atoms with van der Waals surface area (Å²) in [5.74, 6) is -2.38. The van der Waals surface area contributed by atoms with Crippen LogP contribution in [0.15, 0.2) is 12.1 Å². The highest BCUT2D eigenvalue weighted by Gasteiger charge is 2.59. The Morgan fingerprint density at radius 1 is 1.32 bits per heavy atom. The van der Waals surface area contributed by atoms with Crippen LogP contribution in [0.2, 0.25) is 0 Å². The zero-order valence-electron chi connectivity index (χ0n) is 14.5. The van der Waals surface area contributed by atoms with Crippen molar-refractivity contribution in [1.82, 2.24) is 9.55 Å². The van der Waals surface area contributed by atoms with E-state index in [9.17, 15) is 31.9 Å². The van der Waals surface area contributed by atoms with E-state index in [1.54, 1.807) is 0 Å². The number of imidazole rings is 1. The number of fused-ring (bicyclic) bond motifs is 4. The number of halogens is 5. The molecule has 2 aliphatic rings. The first-order chi connectivity index (χ1) is 13.3. The summed E-state index contributed by atoms with van der Waals surface area (Å²) in [7, 11) is 0. The summed E-state index contributed by atoms with van der Waals surface area (Å²) in [4.78, 5) is 18.0. The Bertz CT molecular complexity index is 940. The molecule has 1 aliphatic heterocycles. The fourth-order valence-corrected chi connectivity index (χ4v) is 3.84. The van der Waals surface area contributed by atoms with E-state index in [1.165, 1.54) is 15.5 Å². The summed E-state index contributed by atoms with van der Waals surface area (Å²) in [6.45, 7) is -6.08. The maximum absolute atomic E-state index is 14.8. The number of rotatable bonds is 6. The van der Waals surface area contributed by atoms with E-state index >= 15 is 0 Å². The second kappa shape index (κ2) is 6.29. The van der Waals surface area contributed by atoms with Gasteiger partial charge < -0.3 is 9.84 Å². The molecule has 1 spiro atoms. The number of aromatic nitrogens is 2. The number of carbonyl (C=O) groups is 1. The number of aliphatic hydroxyl groups is 1. The minimum absolute atomic E-state index is 0.0351. The minimum atomic E-state index is -3.21. The maximum atomic E-state index is 14.8. The van der Waals surface area contributed by atoms with E-state index in [0.29, 0.717) is 19.3 Å². The molecule has 152 valence electrons. The van der Waals surface area contributed by atoms with Gasteiger partial charge in [-0.3, -0.25) is 14.3 Å². The molecule has 4 rings (SSSR count). The molecule has 2 heterocycles. The standard InChI is InChI=1S/C17H16F5N3O3/c18-7-16(27,8-19)6-11(26)24-15-23-9-2-3-10(28-14(21)22)12(20)13(9)25(15)17(24)4-1-5-17/h2-3,14,27H,1,4-8H2. The molecule has 0 radical (unpaired) electrons. The summed E-state index contributed by atoms with van der Waals surface area (Å²) < 4.78 is 71.3. The highest BCUT2D eigenvalue weighted by molar-refractivity contribution is 5.99. The van der Waals surface area contributed by atoms with E-state index in [4.69, 9.17) is 0 Å². The van der Waals surface area contributed by atoms with E-state index in [1.807, 2.05) is 0 Å². The van der Waals surface area contributed by atoms with Crippen LogP contribution in [0.25, 0.3) is 11.0 Å². The van der Waals surface area contributed by atoms with Gasteiger partial charge in [0.25, 0.3) is 0 Å². The van der Waals surface area contributed by atoms with Crippen LogP contribution >= 0.6 is 0 Å². The van der Waals surface area contributed by atoms with Crippen LogP contribution in [-0.2, 0) is 10.5 Å². The van der Waals surface area contributed by atoms with E-state index in [-0.39, 0.29) is 17.0 Å². The van der Waals surface area contributed by atoms with Gasteiger partial charge in [0.15, 0.2) is 11.6 Å². The topological polar surface area (TPSA) is 67.6 Å². The second-order valence-electron chi connectivity index (χ2n) is 7.10. The monoisotopic (exact) mass is 405 g/mol. The van der Waals surface area contributed by atoms with Crippen LogP contribution in [-0.4, -0.2) is 46.1 Å². The number of carbonyl (C=O) groups excluding carboxylic acids is 1. The van der Waals surface area contributed by atoms with Gasteiger partial charge in [-0.25, -0.2) is 18.2 Å². The molecule has 0 saturated heterocycles. The van der Waals surface area contributed by atoms with Crippen LogP contribution in [0.4, 0.5) is 27.9 Å². The minimum Gasteiger partial charge on any atom is -0.432 e. The molecule has 0 unspecified atom stereocenters. The third kappa shape index (κ3) is 2.48. The van der Waals surface area contributed by atoms with Gasteiger partial charge in [-0.1, -0.05) is 0 Å². The maximum Gasteiger partial charge on any atom is 0.387 e. The van der Waals surface area contributed by atoms with Crippen molar-refractivity contribution in [3.05, 3.63) is 17.9 Å². The molecule has 1 N–H and O–H groups in total. The van der Waals surface area contributed by atoms with Gasteiger partial charge in [0.1, 0.15) is 30.1 Å². The van der Waals surface area contributed by atoms with Gasteiger partial charge in [-0.2, -0.15) is 8.78 Å². The van der Waals surface area contributed by atoms with Gasteiger partial charge in [0.05, 0.1) is 11.9 Å². The number of nitrogens with zero attached hydrogens (tertiary/aromatic N) is 3. The number of benzene rings is 1. The smallest absolute Gasteiger partial charge is 0.387 e. The van der Waals surface area contributed by atoms with Crippen molar-refractivity contribution in [3.63, 3.8) is 0 Å². The summed E-state index contributed by atoms with van der Waals surface area (Å²) in [6.07, 6.45) is 0.766. The summed E-state index contributed by atoms with van der Waals surface area (Å²) in [5.41, 5.74) is -3.37. The first-order valence-electron chi connectivity index (χ1n) is 8.60. The molecule has 0 atom stereocenters. The van der Waals surface area contributed by atoms with Crippen molar-refractivity contribution >= 4 is 22.9 Å². The number of amides is 1. The van der Waals surface area contributed by atoms with Crippen molar-refractivity contribution in [2.45, 2.75) is 43.6 Å². The first-order valence-corrected chi connectivity index (χ1v) is 8.60. The van der Waals surface area contributed by atoms with Gasteiger partial charge in [0.2, 0.25) is 11.9 Å². The molecular weight excluding hydrogens is 389 g/mol. The molecule has 1 amide bonds. The lowest BCUT2D eigenvalue weighted by Gasteiger charge is -2.58. The highest BCUT2D eigenvalue weighted by Crippen LogP contribution is 2.56. The third-order valence-electron chi connectivity index (χ3n) is 5.33. The normalized spacial score (nSPS) is 17.6. The molecule has 2 aromatic rings. The van der Waals surface area contributed by atoms with E-state index < -0.39 is 55.1 Å². The highest BCUT2D eigenvalue weighted by atomic mass is 19.3. The van der Waals surface area contributed by atoms with Crippen LogP contribution in [0.3, 0.4) is 0 Å². The molecule has 0 bridgehead atoms. The van der Waals surface area contributed by atoms with E-state index in [0.717, 1.165) is 6.07 Å². The predicted molar refractivity (Wildman–Crippen MR) is 87.2 cm³/mol. The summed E-state index contributed by atoms with van der Waals surface area (Å²) in [5, 5.41) is 9.81. The largest absolute Gasteiger partial charge is 0.432 e. The lowest BCUT2D eigenvalue weighted by Crippen LogP contribution is -2.67. The zero-order valence-corrected chi connectivity index (χ0v) is 14.5. The molecule has 28 heavy (non-hydrogen) atoms. The van der Waals surface area contributed by atoms with Crippen LogP contribution in [0, 0.1) is 5.82 Å². The van der Waals surface area contributed by atoms with Crippen molar-refractivity contribution < 1.29 is 36.6 Å². The number of ether oxygens (including phenoxy) is 1. The molecule has 1 aliphatic carbocycles. The summed E-state index contributed by atoms with van der Waals surface area (Å²) >= 11 is 0. The zero-order chi connectivity index (χ0) is 20.3. The Kier molecular flexibility index (Phi) is 4.25. The van der Waals surface area contributed by atoms with Gasteiger partial charge in [0, 0.05) is 0 Å². The van der Waals surface area contributed by atoms with Crippen LogP contribution in [0.1, 0.15) is 25.7 Å². The van der Waals surface area contributed by atoms with Gasteiger partial charge in [-0.15, -0.1) is 0 Å². The molecule has 6 nitrogen and oxygen atoms in total. The van der Waals surface area contributed by atoms with Crippen molar-refractivity contribution in [3.8, 4) is 5.75 Å². The molecule has 1 fully saturated rings. The molecule has 1 aromatic heterocycles. The Morgan fingerprint density at radius 3 is 2.54 bits per heavy atom. The number of hydrogen-bond acceptors (Lipinski definition) is 4. The van der Waals surface area contributed by atoms with Crippen molar-refractivity contribution in [1.29, 1.82) is 0 Å². The van der Waals surface area contributed by atoms with Crippen molar-refractivity contribution in [2.75, 3.05) is 18.2 Å². The Hall–Kier alpha value is -2.43. The fourth-order valence-electron chi connectivity index (χ4n) is 3.84. The van der Waals surface area contributed by atoms with E-state index in [2.05, 4.69) is 9.72 Å². The number of anilines is 1. The number of alkyl halides is 4. The lowest BCUT2D eigenvalue weighted by atomic mass is 9.79. The molecule has 1 saturated carbocycles. The van der Waals surface area contributed by atoms with Gasteiger partial charge in [-0.05, 0) is 31.4 Å². The number of hydrogen-bond donors (Lipinski definition) is 1. The predicted octanol–water partition coefficient (Wildman–Crippen LogP) is 3.02. The molecular formula is C17H16F5N3O3. The Labute approximate surface area is 155 Å². The first kappa shape index (κ1) is 18.9. The average Bonchev–Trinajstić information content (AvgIpc) is 2.91. The lowest BCUT2D eigenvalue weighted by molar-refractivity contribution is -0.130. The average molecular weight is 405 g/mol. The Balaban J connectivity index is 1.77. The molecule has 1 aromatic carbocycles. The summed E-state index contributed by atoms with van der Waals surface area (Å²) in [6, 6.07) is 2.30. The molecule has 11 heteroatoms.